The molecule has 0 N–H and O–H groups in total. The van der Waals surface area contributed by atoms with Crippen LogP contribution in [0.3, 0.4) is 0 Å². The molecule has 9 nitrogen and oxygen atoms in total. The molecule has 3 aromatic carbocycles. The van der Waals surface area contributed by atoms with Gasteiger partial charge in [0, 0.05) is 17.2 Å². The molecule has 0 saturated heterocycles. The van der Waals surface area contributed by atoms with E-state index in [4.69, 9.17) is 25.8 Å². The summed E-state index contributed by atoms with van der Waals surface area (Å²) in [7, 11) is 1.41. The molecule has 0 atom stereocenters. The van der Waals surface area contributed by atoms with Gasteiger partial charge in [-0.25, -0.2) is 14.6 Å². The molecule has 1 aliphatic heterocycles. The van der Waals surface area contributed by atoms with Gasteiger partial charge in [0.1, 0.15) is 0 Å². The summed E-state index contributed by atoms with van der Waals surface area (Å²) in [6.07, 6.45) is 1.48. The fourth-order valence-corrected chi connectivity index (χ4v) is 3.54. The number of carbonyl (C=O) groups excluding carboxylic acids is 2. The summed E-state index contributed by atoms with van der Waals surface area (Å²) >= 11 is 6.05. The van der Waals surface area contributed by atoms with Crippen LogP contribution in [0.15, 0.2) is 71.4 Å². The number of halogens is 1. The number of carbonyl (C=O) groups is 2. The number of nitrogens with zero attached hydrogens (tertiary/aromatic N) is 2. The summed E-state index contributed by atoms with van der Waals surface area (Å²) in [5.41, 5.74) is 1.58. The summed E-state index contributed by atoms with van der Waals surface area (Å²) in [5, 5.41) is 11.3. The predicted octanol–water partition coefficient (Wildman–Crippen LogP) is 5.13. The number of hydrogen-bond acceptors (Lipinski definition) is 8. The van der Waals surface area contributed by atoms with Gasteiger partial charge in [0.25, 0.3) is 5.69 Å². The molecular weight excluding hydrogens is 476 g/mol. The number of aliphatic imine (C=N–C) groups is 1. The molecular formula is C25H17ClN2O7. The Hall–Kier alpha value is -4.50. The lowest BCUT2D eigenvalue weighted by atomic mass is 10.1. The minimum Gasteiger partial charge on any atom is -0.493 e. The normalized spacial score (nSPS) is 13.9. The fourth-order valence-electron chi connectivity index (χ4n) is 3.32. The molecule has 1 aliphatic rings. The molecule has 35 heavy (non-hydrogen) atoms. The van der Waals surface area contributed by atoms with Crippen LogP contribution in [0.5, 0.6) is 11.5 Å². The molecule has 0 radical (unpaired) electrons. The van der Waals surface area contributed by atoms with E-state index in [-0.39, 0.29) is 39.4 Å². The first-order chi connectivity index (χ1) is 16.8. The maximum atomic E-state index is 12.5. The molecule has 3 aromatic rings. The van der Waals surface area contributed by atoms with Crippen molar-refractivity contribution in [3.05, 3.63) is 104 Å². The van der Waals surface area contributed by atoms with Gasteiger partial charge >= 0.3 is 11.9 Å². The third-order valence-electron chi connectivity index (χ3n) is 5.05. The Morgan fingerprint density at radius 1 is 1.11 bits per heavy atom. The Kier molecular flexibility index (Phi) is 6.61. The highest BCUT2D eigenvalue weighted by atomic mass is 35.5. The minimum atomic E-state index is -0.677. The Morgan fingerprint density at radius 3 is 2.57 bits per heavy atom. The van der Waals surface area contributed by atoms with Crippen molar-refractivity contribution in [2.75, 3.05) is 7.11 Å². The zero-order chi connectivity index (χ0) is 25.1. The molecule has 0 bridgehead atoms. The number of esters is 2. The van der Waals surface area contributed by atoms with Gasteiger partial charge < -0.3 is 14.2 Å². The summed E-state index contributed by atoms with van der Waals surface area (Å²) in [6, 6.07) is 15.5. The molecule has 0 amide bonds. The van der Waals surface area contributed by atoms with Gasteiger partial charge in [0.15, 0.2) is 17.2 Å². The van der Waals surface area contributed by atoms with E-state index in [9.17, 15) is 19.7 Å². The SMILES string of the molecule is COc1cc(/C=C2\N=C(c3ccc([N+](=O)[O-])c(C)c3)OC2=O)ccc1OC(=O)c1ccccc1Cl. The summed E-state index contributed by atoms with van der Waals surface area (Å²) < 4.78 is 16.0. The number of benzene rings is 3. The molecule has 0 aliphatic carbocycles. The fraction of sp³-hybridized carbons (Fsp3) is 0.0800. The molecule has 0 saturated carbocycles. The second-order valence-corrected chi connectivity index (χ2v) is 7.78. The van der Waals surface area contributed by atoms with Crippen LogP contribution >= 0.6 is 11.6 Å². The highest BCUT2D eigenvalue weighted by Crippen LogP contribution is 2.31. The monoisotopic (exact) mass is 492 g/mol. The number of hydrogen-bond donors (Lipinski definition) is 0. The average Bonchev–Trinajstić information content (AvgIpc) is 3.19. The number of methoxy groups -OCH3 is 1. The number of ether oxygens (including phenoxy) is 3. The number of nitro benzene ring substituents is 1. The third kappa shape index (κ3) is 5.04. The first kappa shape index (κ1) is 23.7. The van der Waals surface area contributed by atoms with Gasteiger partial charge in [0.2, 0.25) is 5.90 Å². The van der Waals surface area contributed by atoms with E-state index < -0.39 is 16.9 Å². The van der Waals surface area contributed by atoms with Crippen molar-refractivity contribution in [2.45, 2.75) is 6.92 Å². The maximum Gasteiger partial charge on any atom is 0.363 e. The Bertz CT molecular complexity index is 1430. The molecule has 176 valence electrons. The van der Waals surface area contributed by atoms with Crippen LogP contribution in [-0.4, -0.2) is 29.9 Å². The zero-order valence-electron chi connectivity index (χ0n) is 18.5. The molecule has 0 aromatic heterocycles. The lowest BCUT2D eigenvalue weighted by Gasteiger charge is -2.10. The van der Waals surface area contributed by atoms with Gasteiger partial charge in [0.05, 0.1) is 22.6 Å². The van der Waals surface area contributed by atoms with Crippen molar-refractivity contribution in [1.29, 1.82) is 0 Å². The Labute approximate surface area is 204 Å². The third-order valence-corrected chi connectivity index (χ3v) is 5.38. The smallest absolute Gasteiger partial charge is 0.363 e. The van der Waals surface area contributed by atoms with Gasteiger partial charge in [-0.1, -0.05) is 29.8 Å². The van der Waals surface area contributed by atoms with Crippen molar-refractivity contribution in [1.82, 2.24) is 0 Å². The van der Waals surface area contributed by atoms with Crippen molar-refractivity contribution >= 4 is 41.2 Å². The van der Waals surface area contributed by atoms with Crippen LogP contribution in [0.1, 0.15) is 27.0 Å². The number of aryl methyl sites for hydroxylation is 1. The summed E-state index contributed by atoms with van der Waals surface area (Å²) in [4.78, 5) is 39.6. The predicted molar refractivity (Wildman–Crippen MR) is 128 cm³/mol. The van der Waals surface area contributed by atoms with Crippen LogP contribution in [0.4, 0.5) is 5.69 Å². The van der Waals surface area contributed by atoms with Gasteiger partial charge in [-0.2, -0.15) is 0 Å². The zero-order valence-corrected chi connectivity index (χ0v) is 19.2. The van der Waals surface area contributed by atoms with Crippen LogP contribution in [-0.2, 0) is 9.53 Å². The van der Waals surface area contributed by atoms with Crippen LogP contribution in [0.2, 0.25) is 5.02 Å². The molecule has 10 heteroatoms. The van der Waals surface area contributed by atoms with Crippen LogP contribution in [0.25, 0.3) is 6.08 Å². The highest BCUT2D eigenvalue weighted by molar-refractivity contribution is 6.33. The summed E-state index contributed by atoms with van der Waals surface area (Å²) in [5.74, 6) is -0.867. The van der Waals surface area contributed by atoms with E-state index in [1.807, 2.05) is 0 Å². The second kappa shape index (κ2) is 9.78. The molecule has 1 heterocycles. The molecule has 4 rings (SSSR count). The number of cyclic esters (lactones) is 1. The van der Waals surface area contributed by atoms with Gasteiger partial charge in [-0.15, -0.1) is 0 Å². The quantitative estimate of drug-likeness (QED) is 0.154. The van der Waals surface area contributed by atoms with E-state index in [2.05, 4.69) is 4.99 Å². The minimum absolute atomic E-state index is 0.0267. The highest BCUT2D eigenvalue weighted by Gasteiger charge is 2.25. The number of rotatable bonds is 6. The van der Waals surface area contributed by atoms with Crippen molar-refractivity contribution < 1.29 is 28.7 Å². The molecule has 0 spiro atoms. The molecule has 0 unspecified atom stereocenters. The standard InChI is InChI=1S/C25H17ClN2O7/c1-14-11-16(8-9-20(14)28(31)32)23-27-19(25(30)35-23)12-15-7-10-21(22(13-15)33-2)34-24(29)17-5-3-4-6-18(17)26/h3-13H,1-2H3/b19-12-. The maximum absolute atomic E-state index is 12.5. The van der Waals surface area contributed by atoms with Gasteiger partial charge in [-0.05, 0) is 55.0 Å². The van der Waals surface area contributed by atoms with Crippen LogP contribution < -0.4 is 9.47 Å². The van der Waals surface area contributed by atoms with Crippen molar-refractivity contribution in [3.8, 4) is 11.5 Å². The van der Waals surface area contributed by atoms with Gasteiger partial charge in [-0.3, -0.25) is 10.1 Å². The van der Waals surface area contributed by atoms with Crippen molar-refractivity contribution in [2.24, 2.45) is 4.99 Å². The van der Waals surface area contributed by atoms with Crippen LogP contribution in [0, 0.1) is 17.0 Å². The van der Waals surface area contributed by atoms with E-state index in [1.54, 1.807) is 43.3 Å². The van der Waals surface area contributed by atoms with E-state index in [0.29, 0.717) is 16.7 Å². The topological polar surface area (TPSA) is 117 Å². The summed E-state index contributed by atoms with van der Waals surface area (Å²) in [6.45, 7) is 1.59. The number of nitro groups is 1. The second-order valence-electron chi connectivity index (χ2n) is 7.37. The van der Waals surface area contributed by atoms with E-state index in [0.717, 1.165) is 0 Å². The lowest BCUT2D eigenvalue weighted by Crippen LogP contribution is -2.09. The Balaban J connectivity index is 1.58. The lowest BCUT2D eigenvalue weighted by molar-refractivity contribution is -0.385. The van der Waals surface area contributed by atoms with Crippen molar-refractivity contribution in [3.63, 3.8) is 0 Å². The van der Waals surface area contributed by atoms with E-state index in [1.165, 1.54) is 37.5 Å². The first-order valence-electron chi connectivity index (χ1n) is 10.2. The van der Waals surface area contributed by atoms with E-state index >= 15 is 0 Å². The molecule has 0 fully saturated rings. The largest absolute Gasteiger partial charge is 0.493 e. The Morgan fingerprint density at radius 2 is 1.89 bits per heavy atom. The first-order valence-corrected chi connectivity index (χ1v) is 10.6. The average molecular weight is 493 g/mol.